The number of aromatic nitrogens is 3. The van der Waals surface area contributed by atoms with E-state index in [2.05, 4.69) is 68.3 Å². The van der Waals surface area contributed by atoms with Gasteiger partial charge in [-0.05, 0) is 62.5 Å². The summed E-state index contributed by atoms with van der Waals surface area (Å²) in [7, 11) is 0. The van der Waals surface area contributed by atoms with Crippen LogP contribution in [0.15, 0.2) is 59.8 Å². The fourth-order valence-corrected chi connectivity index (χ4v) is 4.97. The number of hydrogen-bond acceptors (Lipinski definition) is 5. The number of amides is 1. The van der Waals surface area contributed by atoms with Crippen molar-refractivity contribution >= 4 is 17.7 Å². The van der Waals surface area contributed by atoms with Crippen LogP contribution in [-0.4, -0.2) is 44.4 Å². The number of aryl methyl sites for hydroxylation is 1. The third-order valence-corrected chi connectivity index (χ3v) is 7.06. The first-order valence-corrected chi connectivity index (χ1v) is 12.9. The van der Waals surface area contributed by atoms with Gasteiger partial charge >= 0.3 is 0 Å². The lowest BCUT2D eigenvalue weighted by Crippen LogP contribution is -2.30. The molecule has 33 heavy (non-hydrogen) atoms. The third-order valence-electron chi connectivity index (χ3n) is 6.13. The third kappa shape index (κ3) is 6.24. The quantitative estimate of drug-likeness (QED) is 0.463. The van der Waals surface area contributed by atoms with Gasteiger partial charge in [-0.2, -0.15) is 0 Å². The van der Waals surface area contributed by atoms with E-state index in [-0.39, 0.29) is 11.9 Å². The average molecular weight is 464 g/mol. The fraction of sp³-hybridized carbons (Fsp3) is 0.423. The van der Waals surface area contributed by atoms with Gasteiger partial charge in [0.2, 0.25) is 5.91 Å². The highest BCUT2D eigenvalue weighted by Crippen LogP contribution is 2.24. The van der Waals surface area contributed by atoms with Gasteiger partial charge in [-0.3, -0.25) is 14.3 Å². The maximum Gasteiger partial charge on any atom is 0.230 e. The summed E-state index contributed by atoms with van der Waals surface area (Å²) in [6.07, 6.45) is 4.79. The Hall–Kier alpha value is -2.64. The lowest BCUT2D eigenvalue weighted by atomic mass is 10.1. The minimum absolute atomic E-state index is 0.00717. The highest BCUT2D eigenvalue weighted by molar-refractivity contribution is 7.99. The minimum Gasteiger partial charge on any atom is -0.349 e. The molecule has 2 heterocycles. The van der Waals surface area contributed by atoms with Crippen molar-refractivity contribution < 1.29 is 4.79 Å². The van der Waals surface area contributed by atoms with Crippen LogP contribution in [0.5, 0.6) is 0 Å². The smallest absolute Gasteiger partial charge is 0.230 e. The van der Waals surface area contributed by atoms with Crippen LogP contribution in [0, 0.1) is 0 Å². The number of benzene rings is 2. The maximum absolute atomic E-state index is 12.7. The molecule has 3 aromatic rings. The van der Waals surface area contributed by atoms with Gasteiger partial charge in [0.15, 0.2) is 11.0 Å². The molecule has 6 nitrogen and oxygen atoms in total. The predicted molar refractivity (Wildman–Crippen MR) is 134 cm³/mol. The molecule has 0 saturated carbocycles. The second-order valence-corrected chi connectivity index (χ2v) is 9.52. The van der Waals surface area contributed by atoms with Gasteiger partial charge in [-0.25, -0.2) is 0 Å². The van der Waals surface area contributed by atoms with Gasteiger partial charge in [0.05, 0.1) is 18.3 Å². The van der Waals surface area contributed by atoms with Crippen molar-refractivity contribution in [2.45, 2.75) is 57.3 Å². The second kappa shape index (κ2) is 11.5. The van der Waals surface area contributed by atoms with Crippen LogP contribution < -0.4 is 5.32 Å². The fourth-order valence-electron chi connectivity index (χ4n) is 4.19. The van der Waals surface area contributed by atoms with Crippen molar-refractivity contribution in [1.82, 2.24) is 25.0 Å². The second-order valence-electron chi connectivity index (χ2n) is 8.58. The van der Waals surface area contributed by atoms with Crippen molar-refractivity contribution in [3.63, 3.8) is 0 Å². The number of hydrogen-bond donors (Lipinski definition) is 1. The van der Waals surface area contributed by atoms with Crippen molar-refractivity contribution in [2.75, 3.05) is 18.8 Å². The Morgan fingerprint density at radius 3 is 2.45 bits per heavy atom. The Labute approximate surface area is 200 Å². The van der Waals surface area contributed by atoms with Crippen molar-refractivity contribution in [3.05, 3.63) is 71.5 Å². The zero-order valence-electron chi connectivity index (χ0n) is 19.5. The molecule has 1 aliphatic rings. The van der Waals surface area contributed by atoms with Crippen LogP contribution in [0.3, 0.4) is 0 Å². The Kier molecular flexibility index (Phi) is 8.18. The van der Waals surface area contributed by atoms with Crippen LogP contribution >= 0.6 is 11.8 Å². The van der Waals surface area contributed by atoms with Crippen LogP contribution in [0.4, 0.5) is 0 Å². The number of rotatable bonds is 9. The summed E-state index contributed by atoms with van der Waals surface area (Å²) in [6.45, 7) is 7.14. The topological polar surface area (TPSA) is 63.1 Å². The van der Waals surface area contributed by atoms with Gasteiger partial charge in [0.25, 0.3) is 0 Å². The molecule has 0 radical (unpaired) electrons. The van der Waals surface area contributed by atoms with Crippen LogP contribution in [0.25, 0.3) is 5.69 Å². The number of thioether (sulfide) groups is 1. The summed E-state index contributed by atoms with van der Waals surface area (Å²) in [6, 6.07) is 18.6. The average Bonchev–Trinajstić information content (AvgIpc) is 3.26. The molecule has 1 atom stereocenters. The summed E-state index contributed by atoms with van der Waals surface area (Å²) < 4.78 is 2.10. The summed E-state index contributed by atoms with van der Waals surface area (Å²) in [4.78, 5) is 15.1. The Morgan fingerprint density at radius 1 is 1.03 bits per heavy atom. The van der Waals surface area contributed by atoms with Crippen LogP contribution in [0.2, 0.25) is 0 Å². The summed E-state index contributed by atoms with van der Waals surface area (Å²) in [5.41, 5.74) is 3.44. The van der Waals surface area contributed by atoms with E-state index in [0.717, 1.165) is 48.3 Å². The zero-order chi connectivity index (χ0) is 23.0. The van der Waals surface area contributed by atoms with E-state index in [0.29, 0.717) is 5.75 Å². The number of nitrogens with one attached hydrogen (secondary N) is 1. The highest BCUT2D eigenvalue weighted by Gasteiger charge is 2.20. The molecule has 1 N–H and O–H groups in total. The first-order valence-electron chi connectivity index (χ1n) is 11.9. The molecule has 0 bridgehead atoms. The number of nitrogens with zero attached hydrogens (tertiary/aromatic N) is 4. The van der Waals surface area contributed by atoms with E-state index in [1.165, 1.54) is 36.6 Å². The van der Waals surface area contributed by atoms with Gasteiger partial charge in [0, 0.05) is 5.69 Å². The monoisotopic (exact) mass is 463 g/mol. The van der Waals surface area contributed by atoms with E-state index in [4.69, 9.17) is 0 Å². The Bertz CT molecular complexity index is 1030. The maximum atomic E-state index is 12.7. The molecule has 1 aliphatic heterocycles. The standard InChI is InChI=1S/C26H33N5OS/c1-3-21-12-14-22(15-13-21)20(2)27-25(32)19-33-26-29-28-24(18-30-16-8-5-9-17-30)31(26)23-10-6-4-7-11-23/h4,6-7,10-15,20H,3,5,8-9,16-19H2,1-2H3,(H,27,32). The van der Waals surface area contributed by atoms with E-state index in [1.54, 1.807) is 0 Å². The number of likely N-dealkylation sites (tertiary alicyclic amines) is 1. The normalized spacial score (nSPS) is 15.3. The molecule has 2 aromatic carbocycles. The summed E-state index contributed by atoms with van der Waals surface area (Å²) in [5, 5.41) is 12.8. The first-order chi connectivity index (χ1) is 16.1. The molecule has 1 fully saturated rings. The molecule has 174 valence electrons. The molecule has 7 heteroatoms. The molecular weight excluding hydrogens is 430 g/mol. The molecule has 4 rings (SSSR count). The van der Waals surface area contributed by atoms with E-state index < -0.39 is 0 Å². The lowest BCUT2D eigenvalue weighted by molar-refractivity contribution is -0.119. The minimum atomic E-state index is -0.0364. The van der Waals surface area contributed by atoms with E-state index >= 15 is 0 Å². The van der Waals surface area contributed by atoms with E-state index in [1.807, 2.05) is 25.1 Å². The van der Waals surface area contributed by atoms with Gasteiger partial charge in [0.1, 0.15) is 0 Å². The summed E-state index contributed by atoms with van der Waals surface area (Å²) in [5.74, 6) is 1.22. The van der Waals surface area contributed by atoms with Crippen LogP contribution in [-0.2, 0) is 17.8 Å². The highest BCUT2D eigenvalue weighted by atomic mass is 32.2. The zero-order valence-corrected chi connectivity index (χ0v) is 20.4. The predicted octanol–water partition coefficient (Wildman–Crippen LogP) is 4.79. The number of piperidine rings is 1. The van der Waals surface area contributed by atoms with Crippen molar-refractivity contribution in [3.8, 4) is 5.69 Å². The number of carbonyl (C=O) groups excluding carboxylic acids is 1. The summed E-state index contributed by atoms with van der Waals surface area (Å²) >= 11 is 1.43. The van der Waals surface area contributed by atoms with Crippen LogP contribution in [0.1, 0.15) is 56.1 Å². The van der Waals surface area contributed by atoms with Gasteiger partial charge in [-0.15, -0.1) is 10.2 Å². The molecule has 0 aliphatic carbocycles. The lowest BCUT2D eigenvalue weighted by Gasteiger charge is -2.26. The molecular formula is C26H33N5OS. The van der Waals surface area contributed by atoms with Gasteiger partial charge in [-0.1, -0.05) is 67.6 Å². The SMILES string of the molecule is CCc1ccc(C(C)NC(=O)CSc2nnc(CN3CCCCC3)n2-c2ccccc2)cc1. The molecule has 0 spiro atoms. The molecule has 1 amide bonds. The number of carbonyl (C=O) groups is 1. The van der Waals surface area contributed by atoms with Crippen molar-refractivity contribution in [1.29, 1.82) is 0 Å². The van der Waals surface area contributed by atoms with E-state index in [9.17, 15) is 4.79 Å². The molecule has 1 saturated heterocycles. The van der Waals surface area contributed by atoms with Crippen molar-refractivity contribution in [2.24, 2.45) is 0 Å². The number of para-hydroxylation sites is 1. The Balaban J connectivity index is 1.42. The molecule has 1 aromatic heterocycles. The largest absolute Gasteiger partial charge is 0.349 e. The first kappa shape index (κ1) is 23.5. The molecule has 1 unspecified atom stereocenters. The Morgan fingerprint density at radius 2 is 1.76 bits per heavy atom. The van der Waals surface area contributed by atoms with Gasteiger partial charge < -0.3 is 5.32 Å².